The highest BCUT2D eigenvalue weighted by atomic mass is 32.2. The summed E-state index contributed by atoms with van der Waals surface area (Å²) in [6, 6.07) is 6.22. The molecule has 0 unspecified atom stereocenters. The molecule has 0 atom stereocenters. The Bertz CT molecular complexity index is 522. The normalized spacial score (nSPS) is 10.5. The Morgan fingerprint density at radius 1 is 1.41 bits per heavy atom. The van der Waals surface area contributed by atoms with E-state index in [0.29, 0.717) is 12.4 Å². The number of carbonyl (C=O) groups excluding carboxylic acids is 1. The van der Waals surface area contributed by atoms with E-state index in [1.165, 1.54) is 23.9 Å². The molecule has 3 nitrogen and oxygen atoms in total. The van der Waals surface area contributed by atoms with Crippen LogP contribution in [-0.2, 0) is 6.54 Å². The lowest BCUT2D eigenvalue weighted by atomic mass is 10.2. The van der Waals surface area contributed by atoms with Crippen LogP contribution >= 0.6 is 11.8 Å². The first kappa shape index (κ1) is 11.9. The SMILES string of the molecule is CSc1cnc(C=O)n1Cc1ccc(F)cc1. The van der Waals surface area contributed by atoms with Crippen LogP contribution in [0.25, 0.3) is 0 Å². The molecule has 1 aromatic heterocycles. The quantitative estimate of drug-likeness (QED) is 0.618. The molecule has 0 amide bonds. The number of aldehydes is 1. The van der Waals surface area contributed by atoms with Gasteiger partial charge in [-0.2, -0.15) is 0 Å². The molecule has 1 heterocycles. The average molecular weight is 250 g/mol. The van der Waals surface area contributed by atoms with Crippen LogP contribution in [0.1, 0.15) is 16.2 Å². The highest BCUT2D eigenvalue weighted by Crippen LogP contribution is 2.18. The summed E-state index contributed by atoms with van der Waals surface area (Å²) in [4.78, 5) is 14.9. The number of rotatable bonds is 4. The Morgan fingerprint density at radius 2 is 2.12 bits per heavy atom. The van der Waals surface area contributed by atoms with Crippen molar-refractivity contribution in [1.82, 2.24) is 9.55 Å². The minimum absolute atomic E-state index is 0.264. The van der Waals surface area contributed by atoms with E-state index in [1.807, 2.05) is 10.8 Å². The van der Waals surface area contributed by atoms with Crippen LogP contribution in [0.3, 0.4) is 0 Å². The van der Waals surface area contributed by atoms with Gasteiger partial charge in [-0.05, 0) is 24.0 Å². The standard InChI is InChI=1S/C12H11FN2OS/c1-17-12-6-14-11(8-16)15(12)7-9-2-4-10(13)5-3-9/h2-6,8H,7H2,1H3. The van der Waals surface area contributed by atoms with Crippen LogP contribution in [-0.4, -0.2) is 22.1 Å². The van der Waals surface area contributed by atoms with Crippen molar-refractivity contribution in [3.63, 3.8) is 0 Å². The van der Waals surface area contributed by atoms with Gasteiger partial charge in [0.1, 0.15) is 5.82 Å². The van der Waals surface area contributed by atoms with Gasteiger partial charge >= 0.3 is 0 Å². The van der Waals surface area contributed by atoms with E-state index in [0.717, 1.165) is 16.9 Å². The van der Waals surface area contributed by atoms with Gasteiger partial charge in [-0.3, -0.25) is 4.79 Å². The first-order chi connectivity index (χ1) is 8.24. The number of halogens is 1. The molecule has 1 aromatic carbocycles. The van der Waals surface area contributed by atoms with Gasteiger partial charge in [0.05, 0.1) is 17.8 Å². The summed E-state index contributed by atoms with van der Waals surface area (Å²) < 4.78 is 14.6. The summed E-state index contributed by atoms with van der Waals surface area (Å²) in [5, 5.41) is 0.913. The third-order valence-electron chi connectivity index (χ3n) is 2.42. The van der Waals surface area contributed by atoms with E-state index in [2.05, 4.69) is 4.98 Å². The molecule has 0 aliphatic carbocycles. The van der Waals surface area contributed by atoms with Crippen molar-refractivity contribution in [1.29, 1.82) is 0 Å². The fraction of sp³-hybridized carbons (Fsp3) is 0.167. The Labute approximate surface area is 103 Å². The number of imidazole rings is 1. The molecule has 5 heteroatoms. The topological polar surface area (TPSA) is 34.9 Å². The third-order valence-corrected chi connectivity index (χ3v) is 3.16. The van der Waals surface area contributed by atoms with Crippen molar-refractivity contribution in [2.24, 2.45) is 0 Å². The molecule has 2 aromatic rings. The minimum atomic E-state index is -0.264. The summed E-state index contributed by atoms with van der Waals surface area (Å²) >= 11 is 1.52. The monoisotopic (exact) mass is 250 g/mol. The van der Waals surface area contributed by atoms with Crippen molar-refractivity contribution in [2.45, 2.75) is 11.6 Å². The zero-order valence-electron chi connectivity index (χ0n) is 9.26. The zero-order chi connectivity index (χ0) is 12.3. The summed E-state index contributed by atoms with van der Waals surface area (Å²) in [7, 11) is 0. The average Bonchev–Trinajstić information content (AvgIpc) is 2.74. The first-order valence-corrected chi connectivity index (χ1v) is 6.26. The highest BCUT2D eigenvalue weighted by molar-refractivity contribution is 7.98. The van der Waals surface area contributed by atoms with E-state index in [9.17, 15) is 9.18 Å². The van der Waals surface area contributed by atoms with Crippen molar-refractivity contribution < 1.29 is 9.18 Å². The fourth-order valence-corrected chi connectivity index (χ4v) is 2.10. The van der Waals surface area contributed by atoms with Gasteiger partial charge < -0.3 is 4.57 Å². The van der Waals surface area contributed by atoms with Crippen LogP contribution in [0, 0.1) is 5.82 Å². The Balaban J connectivity index is 2.31. The minimum Gasteiger partial charge on any atom is -0.312 e. The molecule has 88 valence electrons. The molecular weight excluding hydrogens is 239 g/mol. The molecule has 0 bridgehead atoms. The Kier molecular flexibility index (Phi) is 3.58. The van der Waals surface area contributed by atoms with Crippen molar-refractivity contribution >= 4 is 18.0 Å². The molecular formula is C12H11FN2OS. The number of nitrogens with zero attached hydrogens (tertiary/aromatic N) is 2. The first-order valence-electron chi connectivity index (χ1n) is 5.03. The second-order valence-corrected chi connectivity index (χ2v) is 4.32. The number of aromatic nitrogens is 2. The van der Waals surface area contributed by atoms with E-state index in [4.69, 9.17) is 0 Å². The lowest BCUT2D eigenvalue weighted by molar-refractivity contribution is 0.111. The maximum absolute atomic E-state index is 12.8. The predicted molar refractivity (Wildman–Crippen MR) is 64.9 cm³/mol. The molecule has 0 aliphatic heterocycles. The van der Waals surface area contributed by atoms with Crippen molar-refractivity contribution in [3.05, 3.63) is 47.7 Å². The van der Waals surface area contributed by atoms with Gasteiger partial charge in [-0.25, -0.2) is 9.37 Å². The highest BCUT2D eigenvalue weighted by Gasteiger charge is 2.08. The van der Waals surface area contributed by atoms with Crippen molar-refractivity contribution in [3.8, 4) is 0 Å². The molecule has 2 rings (SSSR count). The number of hydrogen-bond donors (Lipinski definition) is 0. The number of hydrogen-bond acceptors (Lipinski definition) is 3. The van der Waals surface area contributed by atoms with E-state index >= 15 is 0 Å². The molecule has 17 heavy (non-hydrogen) atoms. The summed E-state index contributed by atoms with van der Waals surface area (Å²) in [5.74, 6) is 0.124. The summed E-state index contributed by atoms with van der Waals surface area (Å²) in [6.07, 6.45) is 4.31. The molecule has 0 fully saturated rings. The van der Waals surface area contributed by atoms with Gasteiger partial charge in [-0.1, -0.05) is 12.1 Å². The summed E-state index contributed by atoms with van der Waals surface area (Å²) in [6.45, 7) is 0.518. The van der Waals surface area contributed by atoms with E-state index < -0.39 is 0 Å². The van der Waals surface area contributed by atoms with Gasteiger partial charge in [-0.15, -0.1) is 11.8 Å². The fourth-order valence-electron chi connectivity index (χ4n) is 1.56. The van der Waals surface area contributed by atoms with Crippen LogP contribution in [0.4, 0.5) is 4.39 Å². The molecule has 0 N–H and O–H groups in total. The number of benzene rings is 1. The van der Waals surface area contributed by atoms with Gasteiger partial charge in [0, 0.05) is 0 Å². The molecule has 0 saturated carbocycles. The van der Waals surface area contributed by atoms with Gasteiger partial charge in [0.25, 0.3) is 0 Å². The maximum atomic E-state index is 12.8. The predicted octanol–water partition coefficient (Wildman–Crippen LogP) is 2.60. The molecule has 0 saturated heterocycles. The molecule has 0 spiro atoms. The van der Waals surface area contributed by atoms with Crippen molar-refractivity contribution in [2.75, 3.05) is 6.26 Å². The van der Waals surface area contributed by atoms with Crippen LogP contribution in [0.15, 0.2) is 35.5 Å². The van der Waals surface area contributed by atoms with Gasteiger partial charge in [0.15, 0.2) is 12.1 Å². The second-order valence-electron chi connectivity index (χ2n) is 3.49. The molecule has 0 radical (unpaired) electrons. The van der Waals surface area contributed by atoms with Crippen LogP contribution < -0.4 is 0 Å². The van der Waals surface area contributed by atoms with E-state index in [-0.39, 0.29) is 5.82 Å². The lowest BCUT2D eigenvalue weighted by Gasteiger charge is -2.08. The largest absolute Gasteiger partial charge is 0.312 e. The number of thioether (sulfide) groups is 1. The lowest BCUT2D eigenvalue weighted by Crippen LogP contribution is -2.05. The van der Waals surface area contributed by atoms with Crippen LogP contribution in [0.5, 0.6) is 0 Å². The number of carbonyl (C=O) groups is 1. The smallest absolute Gasteiger partial charge is 0.185 e. The maximum Gasteiger partial charge on any atom is 0.185 e. The molecule has 0 aliphatic rings. The van der Waals surface area contributed by atoms with E-state index in [1.54, 1.807) is 18.3 Å². The van der Waals surface area contributed by atoms with Gasteiger partial charge in [0.2, 0.25) is 0 Å². The zero-order valence-corrected chi connectivity index (χ0v) is 10.1. The summed E-state index contributed by atoms with van der Waals surface area (Å²) in [5.41, 5.74) is 0.933. The van der Waals surface area contributed by atoms with Crippen LogP contribution in [0.2, 0.25) is 0 Å². The Morgan fingerprint density at radius 3 is 2.71 bits per heavy atom. The Hall–Kier alpha value is -1.62. The second kappa shape index (κ2) is 5.14. The third kappa shape index (κ3) is 2.55.